The van der Waals surface area contributed by atoms with E-state index in [4.69, 9.17) is 0 Å². The molecular formula is C86H171O7P3S. The number of hydrogen-bond acceptors (Lipinski definition) is 7. The number of carbonyl (C=O) groups excluding carboxylic acids is 2. The zero-order chi connectivity index (χ0) is 72.7. The van der Waals surface area contributed by atoms with Gasteiger partial charge in [-0.1, -0.05) is 346 Å². The van der Waals surface area contributed by atoms with Crippen molar-refractivity contribution in [3.05, 3.63) is 29.3 Å². The number of rotatable bonds is 69. The van der Waals surface area contributed by atoms with Crippen molar-refractivity contribution >= 4 is 43.8 Å². The van der Waals surface area contributed by atoms with Gasteiger partial charge in [-0.15, -0.1) is 0 Å². The van der Waals surface area contributed by atoms with E-state index in [9.17, 15) is 32.8 Å². The van der Waals surface area contributed by atoms with E-state index in [2.05, 4.69) is 83.1 Å². The monoisotopic (exact) mass is 1440 g/mol. The van der Waals surface area contributed by atoms with Gasteiger partial charge in [0.2, 0.25) is 0 Å². The largest absolute Gasteiger partial charge is 0.744 e. The Morgan fingerprint density at radius 1 is 0.258 bits per heavy atom. The number of hydrogen-bond donors (Lipinski definition) is 0. The Hall–Kier alpha value is -0.640. The Labute approximate surface area is 610 Å². The lowest BCUT2D eigenvalue weighted by Gasteiger charge is -2.28. The highest BCUT2D eigenvalue weighted by atomic mass is 32.2. The van der Waals surface area contributed by atoms with Gasteiger partial charge in [-0.05, 0) is 108 Å². The molecule has 0 saturated heterocycles. The summed E-state index contributed by atoms with van der Waals surface area (Å²) in [4.78, 5) is 19.7. The van der Waals surface area contributed by atoms with Crippen LogP contribution in [0.4, 0.5) is 0 Å². The summed E-state index contributed by atoms with van der Waals surface area (Å²) in [5.41, 5.74) is -1.50. The lowest BCUT2D eigenvalue weighted by Crippen LogP contribution is -2.26. The van der Waals surface area contributed by atoms with Crippen LogP contribution in [0.5, 0.6) is 0 Å². The van der Waals surface area contributed by atoms with Crippen LogP contribution in [-0.4, -0.2) is 98.9 Å². The Bertz CT molecular complexity index is 1730. The summed E-state index contributed by atoms with van der Waals surface area (Å²) < 4.78 is 32.0. The van der Waals surface area contributed by atoms with Crippen molar-refractivity contribution in [2.45, 2.75) is 435 Å². The minimum atomic E-state index is -5.10. The third-order valence-corrected chi connectivity index (χ3v) is 37.1. The smallest absolute Gasteiger partial charge is 0.125 e. The second-order valence-corrected chi connectivity index (χ2v) is 45.1. The first-order chi connectivity index (χ1) is 47.0. The first-order valence-electron chi connectivity index (χ1n) is 43.0. The predicted octanol–water partition coefficient (Wildman–Crippen LogP) is 27.6. The van der Waals surface area contributed by atoms with Crippen LogP contribution in [0.25, 0.3) is 0 Å². The van der Waals surface area contributed by atoms with Gasteiger partial charge in [0.05, 0.1) is 90.8 Å². The van der Waals surface area contributed by atoms with E-state index >= 15 is 0 Å². The molecule has 11 heteroatoms. The average molecular weight is 1440 g/mol. The fraction of sp³-hybridized carbons (Fsp3) is 0.907. The molecule has 0 aromatic heterocycles. The summed E-state index contributed by atoms with van der Waals surface area (Å²) in [7, 11) is -6.97. The molecule has 97 heavy (non-hydrogen) atoms. The molecule has 0 unspecified atom stereocenters. The van der Waals surface area contributed by atoms with Crippen LogP contribution in [0.15, 0.2) is 23.1 Å². The van der Waals surface area contributed by atoms with Crippen molar-refractivity contribution in [3.8, 4) is 0 Å². The number of aromatic carboxylic acids is 2. The molecule has 0 spiro atoms. The highest BCUT2D eigenvalue weighted by Crippen LogP contribution is 2.63. The molecule has 0 saturated carbocycles. The number of unbranched alkanes of at least 4 members (excludes halogenated alkanes) is 42. The topological polar surface area (TPSA) is 137 Å². The molecule has 0 amide bonds. The highest BCUT2D eigenvalue weighted by Gasteiger charge is 2.37. The van der Waals surface area contributed by atoms with Crippen LogP contribution < -0.4 is 10.2 Å². The van der Waals surface area contributed by atoms with Gasteiger partial charge in [-0.25, -0.2) is 8.42 Å². The molecule has 1 aromatic rings. The number of carboxylic acid groups (broad SMARTS) is 2. The second kappa shape index (κ2) is 73.7. The van der Waals surface area contributed by atoms with Crippen LogP contribution in [0.1, 0.15) is 451 Å². The van der Waals surface area contributed by atoms with Gasteiger partial charge in [-0.2, -0.15) is 0 Å². The molecular weight excluding hydrogens is 1270 g/mol. The van der Waals surface area contributed by atoms with Gasteiger partial charge in [0.15, 0.2) is 0 Å². The molecule has 1 rings (SSSR count). The third-order valence-electron chi connectivity index (χ3n) is 21.0. The predicted molar refractivity (Wildman–Crippen MR) is 440 cm³/mol. The first-order valence-corrected chi connectivity index (χ1v) is 52.0. The molecule has 0 heterocycles. The Morgan fingerprint density at radius 2 is 0.423 bits per heavy atom. The quantitative estimate of drug-likeness (QED) is 0.0360. The molecule has 0 aliphatic carbocycles. The minimum Gasteiger partial charge on any atom is -0.744 e. The zero-order valence-electron chi connectivity index (χ0n) is 67.5. The third kappa shape index (κ3) is 61.4. The maximum Gasteiger partial charge on any atom is 0.125 e. The van der Waals surface area contributed by atoms with Crippen molar-refractivity contribution in [2.75, 3.05) is 73.9 Å². The molecule has 7 nitrogen and oxygen atoms in total. The second-order valence-electron chi connectivity index (χ2n) is 30.3. The van der Waals surface area contributed by atoms with Crippen LogP contribution in [0.3, 0.4) is 0 Å². The van der Waals surface area contributed by atoms with E-state index in [1.807, 2.05) is 0 Å². The lowest BCUT2D eigenvalue weighted by molar-refractivity contribution is -0.256. The molecule has 578 valence electrons. The van der Waals surface area contributed by atoms with E-state index in [0.717, 1.165) is 6.07 Å². The van der Waals surface area contributed by atoms with Crippen molar-refractivity contribution in [1.29, 1.82) is 0 Å². The van der Waals surface area contributed by atoms with Gasteiger partial charge in [0, 0.05) is 27.4 Å². The lowest BCUT2D eigenvalue weighted by atomic mass is 10.1. The fourth-order valence-corrected chi connectivity index (χ4v) is 30.6. The first kappa shape index (κ1) is 101. The van der Waals surface area contributed by atoms with Gasteiger partial charge in [0.1, 0.15) is 10.1 Å². The van der Waals surface area contributed by atoms with Crippen molar-refractivity contribution in [3.63, 3.8) is 0 Å². The van der Waals surface area contributed by atoms with Gasteiger partial charge >= 0.3 is 0 Å². The molecule has 0 radical (unpaired) electrons. The summed E-state index contributed by atoms with van der Waals surface area (Å²) in [5, 5.41) is 20.9. The molecule has 0 fully saturated rings. The fourth-order valence-electron chi connectivity index (χ4n) is 14.3. The van der Waals surface area contributed by atoms with E-state index < -0.39 is 59.9 Å². The summed E-state index contributed by atoms with van der Waals surface area (Å²) in [5.74, 6) is -3.62. The van der Waals surface area contributed by atoms with Crippen LogP contribution >= 0.6 is 21.8 Å². The van der Waals surface area contributed by atoms with Crippen LogP contribution in [0, 0.1) is 0 Å². The maximum absolute atomic E-state index is 10.7. The van der Waals surface area contributed by atoms with Gasteiger partial charge in [-0.3, -0.25) is 0 Å². The molecule has 0 aliphatic rings. The summed E-state index contributed by atoms with van der Waals surface area (Å²) in [6.07, 6.45) is 98.9. The van der Waals surface area contributed by atoms with E-state index in [1.54, 1.807) is 93.2 Å². The Kier molecular flexibility index (Phi) is 76.3. The zero-order valence-corrected chi connectivity index (χ0v) is 71.0. The van der Waals surface area contributed by atoms with Crippen LogP contribution in [0.2, 0.25) is 0 Å². The molecule has 1 aromatic carbocycles. The minimum absolute atomic E-state index is 0.419. The summed E-state index contributed by atoms with van der Waals surface area (Å²) >= 11 is 0. The Balaban J connectivity index is -0.00000123. The molecule has 0 N–H and O–H groups in total. The SMILES string of the molecule is CCCCCCCCCCCCCC[P+](CCCC)(CCCC)CCCC.CCCCCCCCCCCCCC[P+](CCCC)(CCCC)CCCC.CCCCCCCCCCCCCC[P+](CCCC)(CCCC)CCCC.O=C([O-])c1ccc(C(=O)[O-])c(S(=O)(=O)[O-])c1. The number of carbonyl (C=O) groups is 2. The maximum atomic E-state index is 10.7. The number of benzene rings is 1. The van der Waals surface area contributed by atoms with Crippen molar-refractivity contribution in [1.82, 2.24) is 0 Å². The molecule has 0 bridgehead atoms. The van der Waals surface area contributed by atoms with E-state index in [-0.39, 0.29) is 0 Å². The van der Waals surface area contributed by atoms with E-state index in [1.165, 1.54) is 327 Å². The normalized spacial score (nSPS) is 11.8. The van der Waals surface area contributed by atoms with Gasteiger partial charge < -0.3 is 24.4 Å². The molecule has 0 atom stereocenters. The average Bonchev–Trinajstić information content (AvgIpc) is 0.823. The van der Waals surface area contributed by atoms with E-state index in [0.29, 0.717) is 12.1 Å². The van der Waals surface area contributed by atoms with Crippen molar-refractivity contribution in [2.24, 2.45) is 0 Å². The number of carboxylic acids is 2. The van der Waals surface area contributed by atoms with Crippen molar-refractivity contribution < 1.29 is 32.8 Å². The molecule has 0 aliphatic heterocycles. The van der Waals surface area contributed by atoms with Gasteiger partial charge in [0.25, 0.3) is 0 Å². The Morgan fingerprint density at radius 3 is 0.577 bits per heavy atom. The highest BCUT2D eigenvalue weighted by molar-refractivity contribution is 7.85. The summed E-state index contributed by atoms with van der Waals surface area (Å²) in [6.45, 7) is 28.4. The summed E-state index contributed by atoms with van der Waals surface area (Å²) in [6, 6.07) is 1.88. The standard InChI is InChI=1S/3C26H56P.C8H6O7S/c3*1-5-9-13-14-15-16-17-18-19-20-21-22-26-27(23-10-6-2,24-11-7-3)25-12-8-4;9-7(10)4-1-2-5(8(11)12)6(3-4)16(13,14)15/h3*5-26H2,1-4H3;1-3H,(H,9,10)(H,11,12)(H,13,14,15)/q3*+1;/p-3. The van der Waals surface area contributed by atoms with Crippen LogP contribution in [-0.2, 0) is 10.1 Å².